The van der Waals surface area contributed by atoms with Crippen LogP contribution in [-0.2, 0) is 14.6 Å². The fraction of sp³-hybridized carbons (Fsp3) is 0.190. The molecule has 9 heteroatoms. The Morgan fingerprint density at radius 2 is 1.83 bits per heavy atom. The molecule has 0 spiro atoms. The van der Waals surface area contributed by atoms with Gasteiger partial charge in [0.05, 0.1) is 26.6 Å². The maximum Gasteiger partial charge on any atom is 0.225 e. The first-order valence-corrected chi connectivity index (χ1v) is 11.9. The van der Waals surface area contributed by atoms with Gasteiger partial charge >= 0.3 is 0 Å². The smallest absolute Gasteiger partial charge is 0.225 e. The molecule has 2 aromatic heterocycles. The monoisotopic (exact) mass is 440 g/mol. The molecule has 0 atom stereocenters. The van der Waals surface area contributed by atoms with Crippen molar-refractivity contribution in [1.82, 2.24) is 14.8 Å². The second kappa shape index (κ2) is 8.37. The Hall–Kier alpha value is -3.04. The van der Waals surface area contributed by atoms with E-state index in [1.165, 1.54) is 11.3 Å². The van der Waals surface area contributed by atoms with Crippen molar-refractivity contribution in [2.45, 2.75) is 24.7 Å². The number of carbonyl (C=O) groups is 1. The number of fused-ring (bicyclic) bond motifs is 1. The Labute approximate surface area is 178 Å². The van der Waals surface area contributed by atoms with Crippen LogP contribution in [0.4, 0.5) is 5.82 Å². The van der Waals surface area contributed by atoms with Gasteiger partial charge in [0.2, 0.25) is 11.0 Å². The molecule has 1 N–H and O–H groups in total. The number of hydrogen-bond donors (Lipinski definition) is 1. The van der Waals surface area contributed by atoms with Crippen LogP contribution in [0, 0.1) is 6.92 Å². The van der Waals surface area contributed by atoms with Crippen LogP contribution in [0.5, 0.6) is 0 Å². The summed E-state index contributed by atoms with van der Waals surface area (Å²) in [6.45, 7) is 1.84. The van der Waals surface area contributed by atoms with Crippen LogP contribution in [0.1, 0.15) is 18.5 Å². The molecule has 0 radical (unpaired) electrons. The van der Waals surface area contributed by atoms with Crippen LogP contribution in [0.25, 0.3) is 15.3 Å². The van der Waals surface area contributed by atoms with Crippen LogP contribution in [0.3, 0.4) is 0 Å². The number of aryl methyl sites for hydroxylation is 1. The standard InChI is InChI=1S/C21H20N4O3S2/c1-15-14-19(25(24-15)21-22-17-10-5-6-11-18(17)29-21)23-20(26)12-7-13-30(27,28)16-8-3-2-4-9-16/h2-6,8-11,14H,7,12-13H2,1H3,(H,23,26). The number of carbonyl (C=O) groups excluding carboxylic acids is 1. The number of sulfone groups is 1. The Bertz CT molecular complexity index is 1260. The fourth-order valence-corrected chi connectivity index (χ4v) is 5.32. The van der Waals surface area contributed by atoms with E-state index in [4.69, 9.17) is 0 Å². The Kier molecular flexibility index (Phi) is 5.65. The average Bonchev–Trinajstić information content (AvgIpc) is 3.31. The first-order valence-electron chi connectivity index (χ1n) is 9.43. The first kappa shape index (κ1) is 20.2. The van der Waals surface area contributed by atoms with E-state index >= 15 is 0 Å². The minimum atomic E-state index is -3.40. The van der Waals surface area contributed by atoms with Crippen LogP contribution in [0.2, 0.25) is 0 Å². The summed E-state index contributed by atoms with van der Waals surface area (Å²) in [6, 6.07) is 17.8. The highest BCUT2D eigenvalue weighted by Crippen LogP contribution is 2.27. The number of para-hydroxylation sites is 1. The molecule has 2 heterocycles. The molecule has 0 saturated carbocycles. The zero-order chi connectivity index (χ0) is 21.1. The Morgan fingerprint density at radius 1 is 1.10 bits per heavy atom. The van der Waals surface area contributed by atoms with E-state index in [0.29, 0.717) is 10.9 Å². The largest absolute Gasteiger partial charge is 0.311 e. The van der Waals surface area contributed by atoms with Gasteiger partial charge in [-0.15, -0.1) is 0 Å². The topological polar surface area (TPSA) is 94.0 Å². The number of anilines is 1. The number of benzene rings is 2. The van der Waals surface area contributed by atoms with E-state index in [1.54, 1.807) is 41.1 Å². The second-order valence-electron chi connectivity index (χ2n) is 6.83. The molecule has 30 heavy (non-hydrogen) atoms. The summed E-state index contributed by atoms with van der Waals surface area (Å²) in [7, 11) is -3.40. The molecule has 0 aliphatic heterocycles. The summed E-state index contributed by atoms with van der Waals surface area (Å²) in [4.78, 5) is 17.3. The molecular weight excluding hydrogens is 420 g/mol. The third-order valence-electron chi connectivity index (χ3n) is 4.48. The SMILES string of the molecule is Cc1cc(NC(=O)CCCS(=O)(=O)c2ccccc2)n(-c2nc3ccccc3s2)n1. The molecular formula is C21H20N4O3S2. The molecule has 0 aliphatic rings. The fourth-order valence-electron chi connectivity index (χ4n) is 3.06. The lowest BCUT2D eigenvalue weighted by atomic mass is 10.3. The highest BCUT2D eigenvalue weighted by atomic mass is 32.2. The summed E-state index contributed by atoms with van der Waals surface area (Å²) < 4.78 is 27.3. The van der Waals surface area contributed by atoms with Crippen molar-refractivity contribution in [2.24, 2.45) is 0 Å². The molecule has 7 nitrogen and oxygen atoms in total. The lowest BCUT2D eigenvalue weighted by Crippen LogP contribution is -2.16. The molecule has 4 aromatic rings. The molecule has 0 aliphatic carbocycles. The molecule has 0 saturated heterocycles. The van der Waals surface area contributed by atoms with Gasteiger partial charge in [-0.3, -0.25) is 4.79 Å². The van der Waals surface area contributed by atoms with Gasteiger partial charge in [-0.05, 0) is 37.6 Å². The van der Waals surface area contributed by atoms with E-state index in [2.05, 4.69) is 15.4 Å². The number of amides is 1. The molecule has 2 aromatic carbocycles. The van der Waals surface area contributed by atoms with Gasteiger partial charge in [0.1, 0.15) is 5.82 Å². The van der Waals surface area contributed by atoms with Crippen molar-refractivity contribution in [3.8, 4) is 5.13 Å². The van der Waals surface area contributed by atoms with Gasteiger partial charge < -0.3 is 5.32 Å². The zero-order valence-corrected chi connectivity index (χ0v) is 17.9. The van der Waals surface area contributed by atoms with E-state index in [-0.39, 0.29) is 29.4 Å². The predicted octanol–water partition coefficient (Wildman–Crippen LogP) is 3.98. The number of hydrogen-bond acceptors (Lipinski definition) is 6. The van der Waals surface area contributed by atoms with Crippen LogP contribution >= 0.6 is 11.3 Å². The number of nitrogens with zero attached hydrogens (tertiary/aromatic N) is 3. The van der Waals surface area contributed by atoms with Crippen LogP contribution in [-0.4, -0.2) is 34.8 Å². The second-order valence-corrected chi connectivity index (χ2v) is 9.95. The van der Waals surface area contributed by atoms with Gasteiger partial charge in [-0.2, -0.15) is 9.78 Å². The minimum Gasteiger partial charge on any atom is -0.311 e. The van der Waals surface area contributed by atoms with Crippen molar-refractivity contribution in [2.75, 3.05) is 11.1 Å². The summed E-state index contributed by atoms with van der Waals surface area (Å²) >= 11 is 1.48. The summed E-state index contributed by atoms with van der Waals surface area (Å²) in [5, 5.41) is 7.93. The van der Waals surface area contributed by atoms with Crippen LogP contribution in [0.15, 0.2) is 65.6 Å². The van der Waals surface area contributed by atoms with Crippen molar-refractivity contribution in [1.29, 1.82) is 0 Å². The normalized spacial score (nSPS) is 11.6. The van der Waals surface area contributed by atoms with Crippen molar-refractivity contribution >= 4 is 43.1 Å². The van der Waals surface area contributed by atoms with Gasteiger partial charge in [0.25, 0.3) is 0 Å². The lowest BCUT2D eigenvalue weighted by Gasteiger charge is -2.07. The molecule has 1 amide bonds. The minimum absolute atomic E-state index is 0.0827. The molecule has 0 unspecified atom stereocenters. The third-order valence-corrected chi connectivity index (χ3v) is 7.31. The summed E-state index contributed by atoms with van der Waals surface area (Å²) in [5.41, 5.74) is 1.62. The highest BCUT2D eigenvalue weighted by Gasteiger charge is 2.17. The van der Waals surface area contributed by atoms with E-state index in [1.807, 2.05) is 31.2 Å². The average molecular weight is 441 g/mol. The van der Waals surface area contributed by atoms with Gasteiger partial charge in [0, 0.05) is 12.5 Å². The van der Waals surface area contributed by atoms with E-state index in [9.17, 15) is 13.2 Å². The number of nitrogens with one attached hydrogen (secondary N) is 1. The molecule has 0 fully saturated rings. The van der Waals surface area contributed by atoms with Crippen molar-refractivity contribution < 1.29 is 13.2 Å². The number of rotatable bonds is 7. The number of thiazole rings is 1. The van der Waals surface area contributed by atoms with Crippen molar-refractivity contribution in [3.05, 3.63) is 66.4 Å². The van der Waals surface area contributed by atoms with Crippen molar-refractivity contribution in [3.63, 3.8) is 0 Å². The molecule has 4 rings (SSSR count). The van der Waals surface area contributed by atoms with E-state index in [0.717, 1.165) is 15.9 Å². The summed E-state index contributed by atoms with van der Waals surface area (Å²) in [6.07, 6.45) is 0.327. The van der Waals surface area contributed by atoms with Gasteiger partial charge in [-0.1, -0.05) is 41.7 Å². The van der Waals surface area contributed by atoms with Gasteiger partial charge in [-0.25, -0.2) is 13.4 Å². The lowest BCUT2D eigenvalue weighted by molar-refractivity contribution is -0.116. The number of aromatic nitrogens is 3. The quantitative estimate of drug-likeness (QED) is 0.469. The highest BCUT2D eigenvalue weighted by molar-refractivity contribution is 7.91. The Morgan fingerprint density at radius 3 is 2.60 bits per heavy atom. The predicted molar refractivity (Wildman–Crippen MR) is 118 cm³/mol. The Balaban J connectivity index is 1.43. The maximum atomic E-state index is 12.4. The first-order chi connectivity index (χ1) is 14.4. The summed E-state index contributed by atoms with van der Waals surface area (Å²) in [5.74, 6) is 0.170. The van der Waals surface area contributed by atoms with E-state index < -0.39 is 9.84 Å². The van der Waals surface area contributed by atoms with Crippen LogP contribution < -0.4 is 5.32 Å². The molecule has 154 valence electrons. The third kappa shape index (κ3) is 4.42. The van der Waals surface area contributed by atoms with Gasteiger partial charge in [0.15, 0.2) is 9.84 Å². The maximum absolute atomic E-state index is 12.4. The zero-order valence-electron chi connectivity index (χ0n) is 16.3. The molecule has 0 bridgehead atoms.